The molecule has 33 heavy (non-hydrogen) atoms. The van der Waals surface area contributed by atoms with Gasteiger partial charge in [-0.3, -0.25) is 0 Å². The molecule has 2 unspecified atom stereocenters. The molecule has 0 heterocycles. The van der Waals surface area contributed by atoms with E-state index in [1.54, 1.807) is 36.4 Å². The molecule has 0 radical (unpaired) electrons. The molecule has 0 bridgehead atoms. The van der Waals surface area contributed by atoms with Gasteiger partial charge >= 0.3 is 195 Å². The zero-order valence-electron chi connectivity index (χ0n) is 18.4. The van der Waals surface area contributed by atoms with E-state index in [0.29, 0.717) is 17.4 Å². The van der Waals surface area contributed by atoms with Crippen LogP contribution in [0.5, 0.6) is 11.5 Å². The third-order valence-corrected chi connectivity index (χ3v) is 10.4. The molecule has 0 aromatic heterocycles. The summed E-state index contributed by atoms with van der Waals surface area (Å²) in [7, 11) is -2.08. The summed E-state index contributed by atoms with van der Waals surface area (Å²) in [5, 5.41) is 20.7. The first-order chi connectivity index (χ1) is 15.9. The van der Waals surface area contributed by atoms with Crippen molar-refractivity contribution in [2.24, 2.45) is 0 Å². The van der Waals surface area contributed by atoms with Crippen LogP contribution < -0.4 is 9.47 Å². The number of aliphatic hydroxyl groups is 2. The van der Waals surface area contributed by atoms with Gasteiger partial charge in [0.1, 0.15) is 0 Å². The minimum absolute atomic E-state index is 0.0398. The Labute approximate surface area is 201 Å². The molecule has 3 rings (SSSR count). The number of rotatable bonds is 12. The monoisotopic (exact) mass is 532 g/mol. The summed E-state index contributed by atoms with van der Waals surface area (Å²) < 4.78 is 36.5. The Balaban J connectivity index is 1.53. The van der Waals surface area contributed by atoms with Crippen molar-refractivity contribution in [2.45, 2.75) is 32.2 Å². The van der Waals surface area contributed by atoms with E-state index in [-0.39, 0.29) is 27.7 Å². The van der Waals surface area contributed by atoms with Crippen molar-refractivity contribution in [3.63, 3.8) is 0 Å². The first-order valence-electron chi connectivity index (χ1n) is 10.6. The Kier molecular flexibility index (Phi) is 9.39. The second kappa shape index (κ2) is 12.2. The van der Waals surface area contributed by atoms with Crippen molar-refractivity contribution in [3.8, 4) is 11.5 Å². The van der Waals surface area contributed by atoms with E-state index in [2.05, 4.69) is 0 Å². The van der Waals surface area contributed by atoms with Crippen molar-refractivity contribution < 1.29 is 28.1 Å². The fraction of sp³-hybridized carbons (Fsp3) is 0.280. The molecular weight excluding hydrogens is 503 g/mol. The van der Waals surface area contributed by atoms with E-state index in [1.165, 1.54) is 19.2 Å². The van der Waals surface area contributed by atoms with Crippen LogP contribution in [0.25, 0.3) is 0 Å². The summed E-state index contributed by atoms with van der Waals surface area (Å²) in [6.07, 6.45) is 0.0716. The standard InChI is InChI=1S/C25H29AsO6S/c1-31-22-9-13-25(14-10-22)33(29,30)24-11-7-19(8-12-24)15-20(17-27)26-16-21(28)18-32-23-5-3-2-4-6-23/h2-14,20-21,26-28H,15-18H2,1H3/t20-,21?/m0/s1. The molecule has 0 amide bonds. The number of benzene rings is 3. The van der Waals surface area contributed by atoms with E-state index >= 15 is 0 Å². The molecule has 0 spiro atoms. The van der Waals surface area contributed by atoms with Crippen LogP contribution in [0.3, 0.4) is 0 Å². The van der Waals surface area contributed by atoms with E-state index < -0.39 is 31.7 Å². The van der Waals surface area contributed by atoms with Crippen LogP contribution >= 0.6 is 0 Å². The molecule has 0 aliphatic rings. The zero-order valence-corrected chi connectivity index (χ0v) is 21.3. The van der Waals surface area contributed by atoms with Crippen LogP contribution in [-0.2, 0) is 16.3 Å². The maximum absolute atomic E-state index is 12.9. The van der Waals surface area contributed by atoms with Crippen molar-refractivity contribution in [3.05, 3.63) is 84.4 Å². The average molecular weight is 532 g/mol. The number of aliphatic hydroxyl groups excluding tert-OH is 2. The third kappa shape index (κ3) is 7.34. The van der Waals surface area contributed by atoms with E-state index in [4.69, 9.17) is 9.47 Å². The van der Waals surface area contributed by atoms with Crippen LogP contribution in [0, 0.1) is 0 Å². The van der Waals surface area contributed by atoms with Crippen LogP contribution in [0.4, 0.5) is 0 Å². The summed E-state index contributed by atoms with van der Waals surface area (Å²) in [6, 6.07) is 22.4. The quantitative estimate of drug-likeness (QED) is 0.349. The summed E-state index contributed by atoms with van der Waals surface area (Å²) >= 11 is -0.623. The Hall–Kier alpha value is -2.31. The molecular formula is C25H29AsO6S. The Morgan fingerprint density at radius 2 is 1.48 bits per heavy atom. The van der Waals surface area contributed by atoms with E-state index in [0.717, 1.165) is 11.3 Å². The number of para-hydroxylation sites is 1. The summed E-state index contributed by atoms with van der Waals surface area (Å²) in [4.78, 5) is 0.434. The first kappa shape index (κ1) is 25.3. The number of ether oxygens (including phenoxy) is 2. The van der Waals surface area contributed by atoms with Gasteiger partial charge in [0.05, 0.1) is 7.11 Å². The first-order valence-corrected chi connectivity index (χ1v) is 14.8. The molecule has 3 aromatic carbocycles. The molecule has 0 aliphatic carbocycles. The van der Waals surface area contributed by atoms with Gasteiger partial charge in [-0.1, -0.05) is 0 Å². The van der Waals surface area contributed by atoms with Crippen LogP contribution in [0.1, 0.15) is 5.56 Å². The number of hydrogen-bond acceptors (Lipinski definition) is 6. The van der Waals surface area contributed by atoms with Crippen molar-refractivity contribution in [1.29, 1.82) is 0 Å². The van der Waals surface area contributed by atoms with Crippen LogP contribution in [-0.4, -0.2) is 60.8 Å². The SMILES string of the molecule is COc1ccc(S(=O)(=O)c2ccc(C[C@@H](CO)[AsH]CC(O)COc3ccccc3)cc2)cc1. The number of hydrogen-bond donors (Lipinski definition) is 2. The van der Waals surface area contributed by atoms with E-state index in [9.17, 15) is 18.6 Å². The summed E-state index contributed by atoms with van der Waals surface area (Å²) in [6.45, 7) is 0.266. The summed E-state index contributed by atoms with van der Waals surface area (Å²) in [5.41, 5.74) is 0.960. The molecule has 8 heteroatoms. The Morgan fingerprint density at radius 3 is 2.06 bits per heavy atom. The predicted octanol–water partition coefficient (Wildman–Crippen LogP) is 3.15. The van der Waals surface area contributed by atoms with Crippen molar-refractivity contribution in [2.75, 3.05) is 20.3 Å². The molecule has 0 aliphatic heterocycles. The van der Waals surface area contributed by atoms with Gasteiger partial charge in [0, 0.05) is 0 Å². The molecule has 3 atom stereocenters. The second-order valence-corrected chi connectivity index (χ2v) is 13.0. The fourth-order valence-electron chi connectivity index (χ4n) is 3.25. The van der Waals surface area contributed by atoms with Gasteiger partial charge in [-0.25, -0.2) is 0 Å². The maximum atomic E-state index is 12.9. The Bertz CT molecular complexity index is 1090. The van der Waals surface area contributed by atoms with Crippen LogP contribution in [0.15, 0.2) is 88.7 Å². The predicted molar refractivity (Wildman–Crippen MR) is 129 cm³/mol. The van der Waals surface area contributed by atoms with Crippen LogP contribution in [0.2, 0.25) is 9.91 Å². The second-order valence-electron chi connectivity index (χ2n) is 7.59. The molecule has 0 saturated heterocycles. The minimum atomic E-state index is -3.61. The summed E-state index contributed by atoms with van der Waals surface area (Å²) in [5.74, 6) is 1.32. The zero-order chi connectivity index (χ0) is 23.7. The average Bonchev–Trinajstić information content (AvgIpc) is 2.86. The molecule has 3 aromatic rings. The van der Waals surface area contributed by atoms with Gasteiger partial charge in [0.15, 0.2) is 0 Å². The van der Waals surface area contributed by atoms with Gasteiger partial charge in [-0.05, 0) is 0 Å². The number of sulfone groups is 1. The van der Waals surface area contributed by atoms with Crippen molar-refractivity contribution >= 4 is 25.6 Å². The van der Waals surface area contributed by atoms with Gasteiger partial charge in [0.25, 0.3) is 0 Å². The molecule has 2 N–H and O–H groups in total. The Morgan fingerprint density at radius 1 is 0.879 bits per heavy atom. The molecule has 0 saturated carbocycles. The van der Waals surface area contributed by atoms with Crippen molar-refractivity contribution in [1.82, 2.24) is 0 Å². The third-order valence-electron chi connectivity index (χ3n) is 5.13. The van der Waals surface area contributed by atoms with Gasteiger partial charge < -0.3 is 0 Å². The van der Waals surface area contributed by atoms with Gasteiger partial charge in [-0.2, -0.15) is 0 Å². The normalized spacial score (nSPS) is 13.7. The van der Waals surface area contributed by atoms with Gasteiger partial charge in [-0.15, -0.1) is 0 Å². The molecule has 6 nitrogen and oxygen atoms in total. The topological polar surface area (TPSA) is 93.1 Å². The van der Waals surface area contributed by atoms with Gasteiger partial charge in [0.2, 0.25) is 0 Å². The fourth-order valence-corrected chi connectivity index (χ4v) is 7.10. The molecule has 176 valence electrons. The molecule has 0 fully saturated rings. The number of methoxy groups -OCH3 is 1. The van der Waals surface area contributed by atoms with E-state index in [1.807, 2.05) is 30.3 Å².